The summed E-state index contributed by atoms with van der Waals surface area (Å²) in [5, 5.41) is 13.6. The number of benzene rings is 1. The predicted octanol–water partition coefficient (Wildman–Crippen LogP) is 4.49. The molecule has 2 aromatic rings. The number of halogens is 3. The van der Waals surface area contributed by atoms with Crippen LogP contribution in [0, 0.1) is 0 Å². The van der Waals surface area contributed by atoms with Crippen LogP contribution in [0.3, 0.4) is 0 Å². The molecule has 26 heavy (non-hydrogen) atoms. The molecule has 138 valence electrons. The highest BCUT2D eigenvalue weighted by atomic mass is 19.4. The number of nitrogens with zero attached hydrogens (tertiary/aromatic N) is 2. The van der Waals surface area contributed by atoms with E-state index < -0.39 is 17.6 Å². The van der Waals surface area contributed by atoms with E-state index in [-0.39, 0.29) is 11.4 Å². The van der Waals surface area contributed by atoms with Crippen LogP contribution in [0.1, 0.15) is 48.2 Å². The molecule has 5 nitrogen and oxygen atoms in total. The molecule has 1 saturated carbocycles. The van der Waals surface area contributed by atoms with Gasteiger partial charge in [-0.05, 0) is 43.2 Å². The standard InChI is InChI=1S/C18H19F3N4O/c19-18(20,21)12-5-4-8-14(11-12)23-17(26)15-9-10-16(25-24-15)22-13-6-2-1-3-7-13/h4-5,8-11,13H,1-3,6-7H2,(H,22,25)(H,23,26). The number of alkyl halides is 3. The second kappa shape index (κ2) is 7.72. The van der Waals surface area contributed by atoms with Crippen LogP contribution in [0.2, 0.25) is 0 Å². The Bertz CT molecular complexity index is 756. The van der Waals surface area contributed by atoms with Crippen LogP contribution in [-0.2, 0) is 6.18 Å². The summed E-state index contributed by atoms with van der Waals surface area (Å²) in [7, 11) is 0. The molecule has 1 aromatic heterocycles. The van der Waals surface area contributed by atoms with Crippen LogP contribution >= 0.6 is 0 Å². The van der Waals surface area contributed by atoms with Crippen molar-refractivity contribution < 1.29 is 18.0 Å². The van der Waals surface area contributed by atoms with E-state index >= 15 is 0 Å². The molecular formula is C18H19F3N4O. The summed E-state index contributed by atoms with van der Waals surface area (Å²) < 4.78 is 38.2. The minimum atomic E-state index is -4.47. The number of hydrogen-bond donors (Lipinski definition) is 2. The fraction of sp³-hybridized carbons (Fsp3) is 0.389. The topological polar surface area (TPSA) is 66.9 Å². The first-order valence-corrected chi connectivity index (χ1v) is 8.51. The summed E-state index contributed by atoms with van der Waals surface area (Å²) in [5.41, 5.74) is -0.735. The highest BCUT2D eigenvalue weighted by Gasteiger charge is 2.30. The monoisotopic (exact) mass is 364 g/mol. The van der Waals surface area contributed by atoms with Gasteiger partial charge in [0.05, 0.1) is 5.56 Å². The molecule has 3 rings (SSSR count). The van der Waals surface area contributed by atoms with Crippen molar-refractivity contribution in [2.24, 2.45) is 0 Å². The van der Waals surface area contributed by atoms with E-state index in [1.54, 1.807) is 6.07 Å². The third-order valence-electron chi connectivity index (χ3n) is 4.30. The zero-order valence-electron chi connectivity index (χ0n) is 14.0. The van der Waals surface area contributed by atoms with Gasteiger partial charge in [0.2, 0.25) is 0 Å². The summed E-state index contributed by atoms with van der Waals surface area (Å²) in [5.74, 6) is -0.0199. The molecule has 0 aliphatic heterocycles. The van der Waals surface area contributed by atoms with Gasteiger partial charge in [0.15, 0.2) is 5.69 Å². The maximum absolute atomic E-state index is 12.7. The van der Waals surface area contributed by atoms with E-state index in [9.17, 15) is 18.0 Å². The number of nitrogens with one attached hydrogen (secondary N) is 2. The van der Waals surface area contributed by atoms with Crippen LogP contribution in [0.4, 0.5) is 24.7 Å². The highest BCUT2D eigenvalue weighted by Crippen LogP contribution is 2.30. The number of amides is 1. The van der Waals surface area contributed by atoms with Crippen molar-refractivity contribution in [1.29, 1.82) is 0 Å². The average molecular weight is 364 g/mol. The van der Waals surface area contributed by atoms with E-state index in [0.29, 0.717) is 11.9 Å². The second-order valence-corrected chi connectivity index (χ2v) is 6.32. The summed E-state index contributed by atoms with van der Waals surface area (Å²) >= 11 is 0. The smallest absolute Gasteiger partial charge is 0.366 e. The number of hydrogen-bond acceptors (Lipinski definition) is 4. The quantitative estimate of drug-likeness (QED) is 0.839. The number of aromatic nitrogens is 2. The molecule has 0 bridgehead atoms. The molecule has 2 N–H and O–H groups in total. The SMILES string of the molecule is O=C(Nc1cccc(C(F)(F)F)c1)c1ccc(NC2CCCCC2)nn1. The predicted molar refractivity (Wildman–Crippen MR) is 91.9 cm³/mol. The molecule has 8 heteroatoms. The zero-order valence-corrected chi connectivity index (χ0v) is 14.0. The van der Waals surface area contributed by atoms with Crippen molar-refractivity contribution in [2.75, 3.05) is 10.6 Å². The number of carbonyl (C=O) groups is 1. The van der Waals surface area contributed by atoms with E-state index in [1.807, 2.05) is 0 Å². The Morgan fingerprint density at radius 3 is 2.46 bits per heavy atom. The third kappa shape index (κ3) is 4.71. The molecular weight excluding hydrogens is 345 g/mol. The lowest BCUT2D eigenvalue weighted by molar-refractivity contribution is -0.137. The average Bonchev–Trinajstić information content (AvgIpc) is 2.63. The van der Waals surface area contributed by atoms with Crippen LogP contribution in [0.25, 0.3) is 0 Å². The van der Waals surface area contributed by atoms with Crippen LogP contribution < -0.4 is 10.6 Å². The van der Waals surface area contributed by atoms with Crippen molar-refractivity contribution >= 4 is 17.4 Å². The minimum absolute atomic E-state index is 0.0385. The van der Waals surface area contributed by atoms with Crippen molar-refractivity contribution in [1.82, 2.24) is 10.2 Å². The Morgan fingerprint density at radius 2 is 1.81 bits per heavy atom. The first-order chi connectivity index (χ1) is 12.4. The lowest BCUT2D eigenvalue weighted by atomic mass is 9.95. The van der Waals surface area contributed by atoms with Gasteiger partial charge in [-0.25, -0.2) is 0 Å². The van der Waals surface area contributed by atoms with E-state index in [4.69, 9.17) is 0 Å². The Morgan fingerprint density at radius 1 is 1.04 bits per heavy atom. The van der Waals surface area contributed by atoms with Crippen molar-refractivity contribution in [2.45, 2.75) is 44.3 Å². The molecule has 0 saturated heterocycles. The molecule has 0 unspecified atom stereocenters. The maximum atomic E-state index is 12.7. The van der Waals surface area contributed by atoms with Gasteiger partial charge in [0, 0.05) is 11.7 Å². The Kier molecular flexibility index (Phi) is 5.39. The molecule has 1 aromatic carbocycles. The Labute approximate surface area is 149 Å². The van der Waals surface area contributed by atoms with Gasteiger partial charge in [-0.2, -0.15) is 13.2 Å². The van der Waals surface area contributed by atoms with Gasteiger partial charge in [-0.15, -0.1) is 10.2 Å². The maximum Gasteiger partial charge on any atom is 0.416 e. The van der Waals surface area contributed by atoms with Crippen LogP contribution in [-0.4, -0.2) is 22.1 Å². The molecule has 1 aliphatic carbocycles. The molecule has 0 radical (unpaired) electrons. The molecule has 0 atom stereocenters. The Balaban J connectivity index is 1.63. The van der Waals surface area contributed by atoms with E-state index in [0.717, 1.165) is 25.0 Å². The van der Waals surface area contributed by atoms with Gasteiger partial charge in [0.1, 0.15) is 5.82 Å². The molecule has 0 spiro atoms. The minimum Gasteiger partial charge on any atom is -0.366 e. The summed E-state index contributed by atoms with van der Waals surface area (Å²) in [6.45, 7) is 0. The van der Waals surface area contributed by atoms with Gasteiger partial charge < -0.3 is 10.6 Å². The molecule has 1 aliphatic rings. The largest absolute Gasteiger partial charge is 0.416 e. The van der Waals surface area contributed by atoms with Crippen molar-refractivity contribution in [3.8, 4) is 0 Å². The van der Waals surface area contributed by atoms with Gasteiger partial charge in [-0.3, -0.25) is 4.79 Å². The highest BCUT2D eigenvalue weighted by molar-refractivity contribution is 6.02. The fourth-order valence-electron chi connectivity index (χ4n) is 2.95. The van der Waals surface area contributed by atoms with Crippen molar-refractivity contribution in [3.63, 3.8) is 0 Å². The van der Waals surface area contributed by atoms with Crippen molar-refractivity contribution in [3.05, 3.63) is 47.7 Å². The summed E-state index contributed by atoms with van der Waals surface area (Å²) in [6, 6.07) is 7.97. The van der Waals surface area contributed by atoms with Gasteiger partial charge >= 0.3 is 6.18 Å². The van der Waals surface area contributed by atoms with Gasteiger partial charge in [-0.1, -0.05) is 25.3 Å². The number of anilines is 2. The van der Waals surface area contributed by atoms with Crippen LogP contribution in [0.5, 0.6) is 0 Å². The van der Waals surface area contributed by atoms with Gasteiger partial charge in [0.25, 0.3) is 5.91 Å². The first kappa shape index (κ1) is 18.2. The van der Waals surface area contributed by atoms with Crippen LogP contribution in [0.15, 0.2) is 36.4 Å². The normalized spacial score (nSPS) is 15.5. The molecule has 1 heterocycles. The molecule has 1 fully saturated rings. The zero-order chi connectivity index (χ0) is 18.6. The lowest BCUT2D eigenvalue weighted by Crippen LogP contribution is -2.23. The lowest BCUT2D eigenvalue weighted by Gasteiger charge is -2.22. The third-order valence-corrected chi connectivity index (χ3v) is 4.30. The second-order valence-electron chi connectivity index (χ2n) is 6.32. The molecule has 1 amide bonds. The van der Waals surface area contributed by atoms with E-state index in [1.165, 1.54) is 37.5 Å². The summed E-state index contributed by atoms with van der Waals surface area (Å²) in [4.78, 5) is 12.2. The summed E-state index contributed by atoms with van der Waals surface area (Å²) in [6.07, 6.45) is 1.32. The number of rotatable bonds is 4. The fourth-order valence-corrected chi connectivity index (χ4v) is 2.95. The van der Waals surface area contributed by atoms with E-state index in [2.05, 4.69) is 20.8 Å². The number of carbonyl (C=O) groups excluding carboxylic acids is 1. The Hall–Kier alpha value is -2.64. The first-order valence-electron chi connectivity index (χ1n) is 8.51.